The molecule has 0 atom stereocenters. The Morgan fingerprint density at radius 2 is 1.54 bits per heavy atom. The zero-order chi connectivity index (χ0) is 17.9. The normalized spacial score (nSPS) is 10.2. The molecule has 26 heavy (non-hydrogen) atoms. The molecule has 1 N–H and O–H groups in total. The number of unbranched alkanes of at least 4 members (excludes halogenated alkanes) is 6. The van der Waals surface area contributed by atoms with Gasteiger partial charge < -0.3 is 9.84 Å². The van der Waals surface area contributed by atoms with E-state index >= 15 is 0 Å². The number of hydrogen-bond donors (Lipinski definition) is 1. The van der Waals surface area contributed by atoms with Gasteiger partial charge in [-0.3, -0.25) is 0 Å². The van der Waals surface area contributed by atoms with Crippen LogP contribution in [0.3, 0.4) is 0 Å². The van der Waals surface area contributed by atoms with Gasteiger partial charge >= 0.3 is 5.97 Å². The van der Waals surface area contributed by atoms with Crippen molar-refractivity contribution in [1.29, 1.82) is 0 Å². The van der Waals surface area contributed by atoms with E-state index in [9.17, 15) is 4.79 Å². The van der Waals surface area contributed by atoms with Crippen molar-refractivity contribution in [3.05, 3.63) is 42.2 Å². The number of benzene rings is 1. The summed E-state index contributed by atoms with van der Waals surface area (Å²) >= 11 is 0. The Kier molecular flexibility index (Phi) is 10.3. The van der Waals surface area contributed by atoms with Gasteiger partial charge in [-0.25, -0.2) is 14.8 Å². The maximum absolute atomic E-state index is 10.9. The first kappa shape index (κ1) is 21.9. The summed E-state index contributed by atoms with van der Waals surface area (Å²) in [5.41, 5.74) is 1.03. The lowest BCUT2D eigenvalue weighted by molar-refractivity contribution is 0.0697. The zero-order valence-electron chi connectivity index (χ0n) is 15.2. The first-order valence-corrected chi connectivity index (χ1v) is 8.99. The average Bonchev–Trinajstić information content (AvgIpc) is 2.64. The molecule has 0 saturated carbocycles. The fourth-order valence-electron chi connectivity index (χ4n) is 2.55. The average molecular weight is 379 g/mol. The fourth-order valence-corrected chi connectivity index (χ4v) is 2.55. The van der Waals surface area contributed by atoms with Crippen molar-refractivity contribution in [1.82, 2.24) is 9.97 Å². The molecule has 0 aliphatic rings. The SMILES string of the molecule is CCCCCCCCCOc1cnc(-c2ccc(C(=O)O)cc2)nc1.Cl. The molecule has 2 aromatic rings. The second kappa shape index (κ2) is 12.3. The van der Waals surface area contributed by atoms with E-state index in [1.165, 1.54) is 38.5 Å². The molecule has 0 unspecified atom stereocenters. The number of ether oxygens (including phenoxy) is 1. The third-order valence-electron chi connectivity index (χ3n) is 4.03. The van der Waals surface area contributed by atoms with Crippen molar-refractivity contribution in [2.75, 3.05) is 6.61 Å². The summed E-state index contributed by atoms with van der Waals surface area (Å²) in [6, 6.07) is 6.51. The molecule has 0 radical (unpaired) electrons. The molecule has 1 aromatic heterocycles. The van der Waals surface area contributed by atoms with Crippen LogP contribution in [0.2, 0.25) is 0 Å². The molecule has 6 heteroatoms. The number of hydrogen-bond acceptors (Lipinski definition) is 4. The second-order valence-electron chi connectivity index (χ2n) is 6.09. The van der Waals surface area contributed by atoms with E-state index in [1.54, 1.807) is 36.7 Å². The van der Waals surface area contributed by atoms with Gasteiger partial charge in [-0.2, -0.15) is 0 Å². The van der Waals surface area contributed by atoms with E-state index in [0.29, 0.717) is 18.2 Å². The number of halogens is 1. The third-order valence-corrected chi connectivity index (χ3v) is 4.03. The lowest BCUT2D eigenvalue weighted by Crippen LogP contribution is -1.99. The highest BCUT2D eigenvalue weighted by molar-refractivity contribution is 5.88. The van der Waals surface area contributed by atoms with E-state index in [0.717, 1.165) is 12.0 Å². The number of rotatable bonds is 11. The van der Waals surface area contributed by atoms with Gasteiger partial charge in [0.2, 0.25) is 0 Å². The van der Waals surface area contributed by atoms with E-state index in [1.807, 2.05) is 0 Å². The van der Waals surface area contributed by atoms with Crippen molar-refractivity contribution in [2.45, 2.75) is 51.9 Å². The van der Waals surface area contributed by atoms with Crippen molar-refractivity contribution in [2.24, 2.45) is 0 Å². The molecule has 2 rings (SSSR count). The van der Waals surface area contributed by atoms with Gasteiger partial charge in [-0.05, 0) is 18.6 Å². The molecule has 0 aliphatic heterocycles. The van der Waals surface area contributed by atoms with Crippen molar-refractivity contribution < 1.29 is 14.6 Å². The maximum atomic E-state index is 10.9. The van der Waals surface area contributed by atoms with E-state index in [4.69, 9.17) is 9.84 Å². The molecule has 1 heterocycles. The number of carbonyl (C=O) groups is 1. The highest BCUT2D eigenvalue weighted by Crippen LogP contribution is 2.17. The molecule has 0 aliphatic carbocycles. The van der Waals surface area contributed by atoms with Gasteiger partial charge in [-0.1, -0.05) is 57.6 Å². The van der Waals surface area contributed by atoms with E-state index in [-0.39, 0.29) is 18.0 Å². The second-order valence-corrected chi connectivity index (χ2v) is 6.09. The summed E-state index contributed by atoms with van der Waals surface area (Å²) in [6.07, 6.45) is 12.1. The number of nitrogens with zero attached hydrogens (tertiary/aromatic N) is 2. The summed E-state index contributed by atoms with van der Waals surface area (Å²) in [7, 11) is 0. The molecule has 5 nitrogen and oxygen atoms in total. The van der Waals surface area contributed by atoms with Crippen LogP contribution in [-0.4, -0.2) is 27.7 Å². The minimum atomic E-state index is -0.943. The number of carboxylic acid groups (broad SMARTS) is 1. The largest absolute Gasteiger partial charge is 0.490 e. The summed E-state index contributed by atoms with van der Waals surface area (Å²) in [5.74, 6) is 0.277. The standard InChI is InChI=1S/C20H26N2O3.ClH/c1-2-3-4-5-6-7-8-13-25-18-14-21-19(22-15-18)16-9-11-17(12-10-16)20(23)24;/h9-12,14-15H,2-8,13H2,1H3,(H,23,24);1H. The van der Waals surface area contributed by atoms with Crippen LogP contribution < -0.4 is 4.74 Å². The Bertz CT molecular complexity index is 645. The van der Waals surface area contributed by atoms with E-state index in [2.05, 4.69) is 16.9 Å². The molecule has 0 fully saturated rings. The highest BCUT2D eigenvalue weighted by Gasteiger charge is 2.05. The van der Waals surface area contributed by atoms with Gasteiger partial charge in [0.15, 0.2) is 11.6 Å². The summed E-state index contributed by atoms with van der Waals surface area (Å²) in [6.45, 7) is 2.91. The predicted octanol–water partition coefficient (Wildman–Crippen LogP) is 5.39. The Hall–Kier alpha value is -2.14. The minimum absolute atomic E-state index is 0. The molecule has 1 aromatic carbocycles. The molecule has 0 saturated heterocycles. The fraction of sp³-hybridized carbons (Fsp3) is 0.450. The number of carboxylic acids is 1. The quantitative estimate of drug-likeness (QED) is 0.530. The lowest BCUT2D eigenvalue weighted by Gasteiger charge is -2.06. The molecular weight excluding hydrogens is 352 g/mol. The number of aromatic carboxylic acids is 1. The molecule has 0 amide bonds. The van der Waals surface area contributed by atoms with Crippen LogP contribution in [0.25, 0.3) is 11.4 Å². The Morgan fingerprint density at radius 3 is 2.12 bits per heavy atom. The van der Waals surface area contributed by atoms with Crippen LogP contribution in [-0.2, 0) is 0 Å². The number of aromatic nitrogens is 2. The van der Waals surface area contributed by atoms with Crippen LogP contribution in [0.15, 0.2) is 36.7 Å². The van der Waals surface area contributed by atoms with Crippen LogP contribution >= 0.6 is 12.4 Å². The van der Waals surface area contributed by atoms with Crippen molar-refractivity contribution in [3.63, 3.8) is 0 Å². The first-order chi connectivity index (χ1) is 12.2. The van der Waals surface area contributed by atoms with Crippen LogP contribution in [0, 0.1) is 0 Å². The Morgan fingerprint density at radius 1 is 0.962 bits per heavy atom. The molecule has 0 bridgehead atoms. The molecule has 0 spiro atoms. The first-order valence-electron chi connectivity index (χ1n) is 8.99. The third kappa shape index (κ3) is 7.40. The Labute approximate surface area is 161 Å². The summed E-state index contributed by atoms with van der Waals surface area (Å²) in [5, 5.41) is 8.91. The van der Waals surface area contributed by atoms with Crippen molar-refractivity contribution in [3.8, 4) is 17.1 Å². The maximum Gasteiger partial charge on any atom is 0.335 e. The monoisotopic (exact) mass is 378 g/mol. The summed E-state index contributed by atoms with van der Waals surface area (Å²) < 4.78 is 5.67. The lowest BCUT2D eigenvalue weighted by atomic mass is 10.1. The smallest absolute Gasteiger partial charge is 0.335 e. The van der Waals surface area contributed by atoms with Crippen LogP contribution in [0.4, 0.5) is 0 Å². The minimum Gasteiger partial charge on any atom is -0.490 e. The van der Waals surface area contributed by atoms with Crippen molar-refractivity contribution >= 4 is 18.4 Å². The van der Waals surface area contributed by atoms with Crippen LogP contribution in [0.5, 0.6) is 5.75 Å². The van der Waals surface area contributed by atoms with Gasteiger partial charge in [0.1, 0.15) is 0 Å². The van der Waals surface area contributed by atoms with Gasteiger partial charge in [0.25, 0.3) is 0 Å². The van der Waals surface area contributed by atoms with Gasteiger partial charge in [-0.15, -0.1) is 12.4 Å². The van der Waals surface area contributed by atoms with Gasteiger partial charge in [0.05, 0.1) is 24.6 Å². The van der Waals surface area contributed by atoms with Gasteiger partial charge in [0, 0.05) is 5.56 Å². The zero-order valence-corrected chi connectivity index (χ0v) is 16.0. The predicted molar refractivity (Wildman–Crippen MR) is 105 cm³/mol. The topological polar surface area (TPSA) is 72.3 Å². The van der Waals surface area contributed by atoms with E-state index < -0.39 is 5.97 Å². The molecular formula is C20H27ClN2O3. The Balaban J connectivity index is 0.00000338. The summed E-state index contributed by atoms with van der Waals surface area (Å²) in [4.78, 5) is 19.4. The molecule has 142 valence electrons. The van der Waals surface area contributed by atoms with Crippen LogP contribution in [0.1, 0.15) is 62.2 Å². The highest BCUT2D eigenvalue weighted by atomic mass is 35.5.